The number of esters is 1. The zero-order valence-electron chi connectivity index (χ0n) is 9.97. The van der Waals surface area contributed by atoms with Gasteiger partial charge in [-0.05, 0) is 38.1 Å². The number of hydrogen-bond donors (Lipinski definition) is 1. The Labute approximate surface area is 101 Å². The van der Waals surface area contributed by atoms with Gasteiger partial charge in [-0.3, -0.25) is 4.79 Å². The van der Waals surface area contributed by atoms with E-state index in [0.717, 1.165) is 6.29 Å². The SMILES string of the molecule is C=C(C)C(=O)Oc1ccc(C=O)cc1.CCO. The van der Waals surface area contributed by atoms with Crippen molar-refractivity contribution in [2.24, 2.45) is 0 Å². The summed E-state index contributed by atoms with van der Waals surface area (Å²) in [5.74, 6) is -0.0625. The van der Waals surface area contributed by atoms with Crippen LogP contribution in [0, 0.1) is 0 Å². The molecule has 92 valence electrons. The molecule has 1 rings (SSSR count). The summed E-state index contributed by atoms with van der Waals surface area (Å²) in [7, 11) is 0. The summed E-state index contributed by atoms with van der Waals surface area (Å²) >= 11 is 0. The molecule has 0 aliphatic heterocycles. The number of rotatable bonds is 3. The van der Waals surface area contributed by atoms with Crippen molar-refractivity contribution in [2.45, 2.75) is 13.8 Å². The summed E-state index contributed by atoms with van der Waals surface area (Å²) in [6.45, 7) is 6.96. The van der Waals surface area contributed by atoms with E-state index < -0.39 is 5.97 Å². The number of hydrogen-bond acceptors (Lipinski definition) is 4. The number of carbonyl (C=O) groups is 2. The maximum atomic E-state index is 11.1. The minimum atomic E-state index is -0.469. The van der Waals surface area contributed by atoms with E-state index in [4.69, 9.17) is 9.84 Å². The van der Waals surface area contributed by atoms with Crippen molar-refractivity contribution >= 4 is 12.3 Å². The quantitative estimate of drug-likeness (QED) is 0.377. The van der Waals surface area contributed by atoms with Gasteiger partial charge in [-0.25, -0.2) is 4.79 Å². The summed E-state index contributed by atoms with van der Waals surface area (Å²) in [6.07, 6.45) is 0.727. The number of carbonyl (C=O) groups excluding carboxylic acids is 2. The largest absolute Gasteiger partial charge is 0.423 e. The fourth-order valence-electron chi connectivity index (χ4n) is 0.809. The average Bonchev–Trinajstić information content (AvgIpc) is 2.31. The van der Waals surface area contributed by atoms with Gasteiger partial charge < -0.3 is 9.84 Å². The third kappa shape index (κ3) is 6.27. The van der Waals surface area contributed by atoms with E-state index in [1.807, 2.05) is 0 Å². The van der Waals surface area contributed by atoms with Crippen LogP contribution in [-0.4, -0.2) is 24.0 Å². The summed E-state index contributed by atoms with van der Waals surface area (Å²) in [5, 5.41) is 7.57. The van der Waals surface area contributed by atoms with Gasteiger partial charge in [0.15, 0.2) is 0 Å². The van der Waals surface area contributed by atoms with Crippen LogP contribution in [-0.2, 0) is 4.79 Å². The molecular weight excluding hydrogens is 220 g/mol. The lowest BCUT2D eigenvalue weighted by Gasteiger charge is -2.02. The minimum Gasteiger partial charge on any atom is -0.423 e. The van der Waals surface area contributed by atoms with Crippen LogP contribution in [0.1, 0.15) is 24.2 Å². The zero-order valence-corrected chi connectivity index (χ0v) is 9.97. The van der Waals surface area contributed by atoms with Gasteiger partial charge in [-0.2, -0.15) is 0 Å². The molecule has 0 amide bonds. The van der Waals surface area contributed by atoms with Crippen LogP contribution >= 0.6 is 0 Å². The number of aliphatic hydroxyl groups is 1. The first-order valence-corrected chi connectivity index (χ1v) is 5.09. The number of ether oxygens (including phenoxy) is 1. The molecular formula is C13H16O4. The smallest absolute Gasteiger partial charge is 0.338 e. The van der Waals surface area contributed by atoms with E-state index in [1.165, 1.54) is 0 Å². The van der Waals surface area contributed by atoms with Crippen molar-refractivity contribution in [1.29, 1.82) is 0 Å². The lowest BCUT2D eigenvalue weighted by molar-refractivity contribution is -0.130. The van der Waals surface area contributed by atoms with Gasteiger partial charge in [-0.1, -0.05) is 6.58 Å². The normalized spacial score (nSPS) is 8.65. The molecule has 0 saturated heterocycles. The molecule has 1 N–H and O–H groups in total. The Morgan fingerprint density at radius 3 is 2.24 bits per heavy atom. The predicted octanol–water partition coefficient (Wildman–Crippen LogP) is 1.98. The van der Waals surface area contributed by atoms with Crippen LogP contribution in [0.15, 0.2) is 36.4 Å². The molecule has 0 heterocycles. The van der Waals surface area contributed by atoms with Crippen molar-refractivity contribution in [3.8, 4) is 5.75 Å². The lowest BCUT2D eigenvalue weighted by Crippen LogP contribution is -2.07. The molecule has 0 aromatic heterocycles. The summed E-state index contributed by atoms with van der Waals surface area (Å²) in [4.78, 5) is 21.4. The Morgan fingerprint density at radius 2 is 1.88 bits per heavy atom. The van der Waals surface area contributed by atoms with E-state index in [0.29, 0.717) is 16.9 Å². The van der Waals surface area contributed by atoms with E-state index in [1.54, 1.807) is 38.1 Å². The second-order valence-corrected chi connectivity index (χ2v) is 3.17. The fourth-order valence-corrected chi connectivity index (χ4v) is 0.809. The van der Waals surface area contributed by atoms with Crippen LogP contribution in [0.25, 0.3) is 0 Å². The van der Waals surface area contributed by atoms with Crippen molar-refractivity contribution in [3.05, 3.63) is 42.0 Å². The summed E-state index contributed by atoms with van der Waals surface area (Å²) < 4.78 is 4.92. The van der Waals surface area contributed by atoms with Crippen LogP contribution in [0.4, 0.5) is 0 Å². The van der Waals surface area contributed by atoms with Crippen molar-refractivity contribution in [2.75, 3.05) is 6.61 Å². The van der Waals surface area contributed by atoms with E-state index >= 15 is 0 Å². The highest BCUT2D eigenvalue weighted by molar-refractivity contribution is 5.88. The van der Waals surface area contributed by atoms with Gasteiger partial charge in [0.25, 0.3) is 0 Å². The number of benzene rings is 1. The fraction of sp³-hybridized carbons (Fsp3) is 0.231. The Morgan fingerprint density at radius 1 is 1.41 bits per heavy atom. The number of aldehydes is 1. The third-order valence-electron chi connectivity index (χ3n) is 1.58. The van der Waals surface area contributed by atoms with Gasteiger partial charge >= 0.3 is 5.97 Å². The third-order valence-corrected chi connectivity index (χ3v) is 1.58. The Bertz CT molecular complexity index is 379. The Hall–Kier alpha value is -1.94. The molecule has 0 spiro atoms. The van der Waals surface area contributed by atoms with Crippen LogP contribution in [0.2, 0.25) is 0 Å². The molecule has 0 saturated carbocycles. The molecule has 0 bridgehead atoms. The topological polar surface area (TPSA) is 63.6 Å². The van der Waals surface area contributed by atoms with Gasteiger partial charge in [0.05, 0.1) is 0 Å². The molecule has 4 nitrogen and oxygen atoms in total. The van der Waals surface area contributed by atoms with Gasteiger partial charge in [0.1, 0.15) is 12.0 Å². The molecule has 0 atom stereocenters. The Kier molecular flexibility index (Phi) is 7.30. The predicted molar refractivity (Wildman–Crippen MR) is 65.0 cm³/mol. The minimum absolute atomic E-state index is 0.250. The Balaban J connectivity index is 0.000000770. The molecule has 1 aromatic carbocycles. The van der Waals surface area contributed by atoms with Crippen molar-refractivity contribution in [3.63, 3.8) is 0 Å². The molecule has 0 fully saturated rings. The summed E-state index contributed by atoms with van der Waals surface area (Å²) in [5.41, 5.74) is 0.879. The van der Waals surface area contributed by atoms with Crippen molar-refractivity contribution in [1.82, 2.24) is 0 Å². The first-order chi connectivity index (χ1) is 8.04. The maximum Gasteiger partial charge on any atom is 0.338 e. The molecule has 1 aromatic rings. The zero-order chi connectivity index (χ0) is 13.3. The van der Waals surface area contributed by atoms with Gasteiger partial charge in [0.2, 0.25) is 0 Å². The highest BCUT2D eigenvalue weighted by Crippen LogP contribution is 2.12. The maximum absolute atomic E-state index is 11.1. The van der Waals surface area contributed by atoms with E-state index in [-0.39, 0.29) is 6.61 Å². The monoisotopic (exact) mass is 236 g/mol. The van der Waals surface area contributed by atoms with Gasteiger partial charge in [0, 0.05) is 17.7 Å². The lowest BCUT2D eigenvalue weighted by atomic mass is 10.2. The molecule has 0 aliphatic rings. The van der Waals surface area contributed by atoms with Crippen LogP contribution in [0.5, 0.6) is 5.75 Å². The van der Waals surface area contributed by atoms with E-state index in [2.05, 4.69) is 6.58 Å². The molecule has 0 unspecified atom stereocenters. The molecule has 17 heavy (non-hydrogen) atoms. The molecule has 4 heteroatoms. The van der Waals surface area contributed by atoms with Crippen molar-refractivity contribution < 1.29 is 19.4 Å². The summed E-state index contributed by atoms with van der Waals surface area (Å²) in [6, 6.07) is 6.28. The highest BCUT2D eigenvalue weighted by atomic mass is 16.5. The van der Waals surface area contributed by atoms with Crippen LogP contribution in [0.3, 0.4) is 0 Å². The van der Waals surface area contributed by atoms with Gasteiger partial charge in [-0.15, -0.1) is 0 Å². The second kappa shape index (κ2) is 8.24. The highest BCUT2D eigenvalue weighted by Gasteiger charge is 2.04. The number of aliphatic hydroxyl groups excluding tert-OH is 1. The molecule has 0 aliphatic carbocycles. The first-order valence-electron chi connectivity index (χ1n) is 5.09. The standard InChI is InChI=1S/C11H10O3.C2H6O/c1-8(2)11(13)14-10-5-3-9(7-12)4-6-10;1-2-3/h3-7H,1H2,2H3;3H,2H2,1H3. The first kappa shape index (κ1) is 15.1. The van der Waals surface area contributed by atoms with E-state index in [9.17, 15) is 9.59 Å². The average molecular weight is 236 g/mol. The van der Waals surface area contributed by atoms with Crippen LogP contribution < -0.4 is 4.74 Å². The second-order valence-electron chi connectivity index (χ2n) is 3.17. The molecule has 0 radical (unpaired) electrons.